The Balaban J connectivity index is 1.27. The molecule has 4 heterocycles. The number of halogens is 3. The minimum Gasteiger partial charge on any atom is -0.479 e. The number of nitrogens with zero attached hydrogens (tertiary/aromatic N) is 5. The predicted molar refractivity (Wildman–Crippen MR) is 140 cm³/mol. The van der Waals surface area contributed by atoms with Crippen molar-refractivity contribution in [3.8, 4) is 17.0 Å². The van der Waals surface area contributed by atoms with Crippen molar-refractivity contribution in [3.05, 3.63) is 48.1 Å². The Kier molecular flexibility index (Phi) is 6.46. The smallest absolute Gasteiger partial charge is 0.250 e. The fraction of sp³-hybridized carbons (Fsp3) is 0.444. The summed E-state index contributed by atoms with van der Waals surface area (Å²) in [7, 11) is 1.54. The highest BCUT2D eigenvalue weighted by atomic mass is 19.3. The maximum Gasteiger partial charge on any atom is 0.250 e. The fourth-order valence-electron chi connectivity index (χ4n) is 5.26. The van der Waals surface area contributed by atoms with Crippen molar-refractivity contribution in [2.24, 2.45) is 4.99 Å². The number of methoxy groups -OCH3 is 1. The molecule has 200 valence electrons. The first-order valence-electron chi connectivity index (χ1n) is 12.9. The molecule has 2 aliphatic heterocycles. The topological polar surface area (TPSA) is 79.1 Å². The first kappa shape index (κ1) is 24.7. The van der Waals surface area contributed by atoms with E-state index in [2.05, 4.69) is 30.6 Å². The lowest BCUT2D eigenvalue weighted by molar-refractivity contribution is 0.144. The zero-order valence-corrected chi connectivity index (χ0v) is 21.3. The van der Waals surface area contributed by atoms with E-state index in [-0.39, 0.29) is 24.4 Å². The van der Waals surface area contributed by atoms with Crippen LogP contribution < -0.4 is 15.4 Å². The zero-order valence-electron chi connectivity index (χ0n) is 21.3. The number of aromatic nitrogens is 3. The molecule has 1 aromatic carbocycles. The number of benzene rings is 1. The minimum absolute atomic E-state index is 0.215. The Labute approximate surface area is 218 Å². The van der Waals surface area contributed by atoms with Crippen LogP contribution in [0, 0.1) is 0 Å². The van der Waals surface area contributed by atoms with E-state index < -0.39 is 12.5 Å². The Morgan fingerprint density at radius 1 is 1.16 bits per heavy atom. The van der Waals surface area contributed by atoms with E-state index in [1.54, 1.807) is 17.8 Å². The molecule has 3 aromatic rings. The monoisotopic (exact) mass is 525 g/mol. The second-order valence-electron chi connectivity index (χ2n) is 10.1. The second kappa shape index (κ2) is 9.94. The lowest BCUT2D eigenvalue weighted by Gasteiger charge is -2.29. The van der Waals surface area contributed by atoms with E-state index in [1.165, 1.54) is 0 Å². The number of ether oxygens (including phenoxy) is 1. The summed E-state index contributed by atoms with van der Waals surface area (Å²) in [6.45, 7) is 2.28. The van der Waals surface area contributed by atoms with Crippen LogP contribution in [0.4, 0.5) is 24.8 Å². The van der Waals surface area contributed by atoms with Crippen LogP contribution in [0.25, 0.3) is 16.6 Å². The summed E-state index contributed by atoms with van der Waals surface area (Å²) in [5.74, 6) is 0.436. The number of hydrogen-bond acceptors (Lipinski definition) is 7. The van der Waals surface area contributed by atoms with Crippen LogP contribution in [-0.4, -0.2) is 70.0 Å². The molecule has 1 saturated carbocycles. The van der Waals surface area contributed by atoms with Gasteiger partial charge in [0.2, 0.25) is 11.8 Å². The van der Waals surface area contributed by atoms with E-state index >= 15 is 0 Å². The minimum atomic E-state index is -2.42. The molecule has 1 fully saturated rings. The highest BCUT2D eigenvalue weighted by Crippen LogP contribution is 2.36. The lowest BCUT2D eigenvalue weighted by Crippen LogP contribution is -2.41. The Bertz CT molecular complexity index is 1420. The zero-order chi connectivity index (χ0) is 26.4. The van der Waals surface area contributed by atoms with Gasteiger partial charge in [-0.2, -0.15) is 4.98 Å². The average Bonchev–Trinajstić information content (AvgIpc) is 3.67. The third-order valence-corrected chi connectivity index (χ3v) is 7.42. The van der Waals surface area contributed by atoms with Crippen molar-refractivity contribution < 1.29 is 17.9 Å². The van der Waals surface area contributed by atoms with E-state index in [0.29, 0.717) is 30.3 Å². The first-order valence-corrected chi connectivity index (χ1v) is 12.9. The third-order valence-electron chi connectivity index (χ3n) is 7.42. The van der Waals surface area contributed by atoms with Crippen molar-refractivity contribution >= 4 is 22.9 Å². The van der Waals surface area contributed by atoms with Crippen LogP contribution in [0.5, 0.6) is 5.88 Å². The molecular formula is C27H30F3N7O. The van der Waals surface area contributed by atoms with Gasteiger partial charge in [0.1, 0.15) is 11.3 Å². The van der Waals surface area contributed by atoms with Crippen LogP contribution >= 0.6 is 0 Å². The van der Waals surface area contributed by atoms with Gasteiger partial charge in [-0.05, 0) is 61.9 Å². The van der Waals surface area contributed by atoms with E-state index in [1.807, 2.05) is 37.4 Å². The molecule has 0 spiro atoms. The molecule has 8 nitrogen and oxygen atoms in total. The van der Waals surface area contributed by atoms with Gasteiger partial charge in [-0.15, -0.1) is 5.10 Å². The quantitative estimate of drug-likeness (QED) is 0.443. The van der Waals surface area contributed by atoms with Gasteiger partial charge in [0.15, 0.2) is 0 Å². The van der Waals surface area contributed by atoms with Crippen molar-refractivity contribution in [1.82, 2.24) is 24.8 Å². The molecule has 2 aromatic heterocycles. The van der Waals surface area contributed by atoms with Crippen molar-refractivity contribution in [2.75, 3.05) is 25.5 Å². The number of hydrogen-bond donors (Lipinski definition) is 2. The summed E-state index contributed by atoms with van der Waals surface area (Å²) in [4.78, 5) is 11.3. The van der Waals surface area contributed by atoms with Crippen LogP contribution in [0.1, 0.15) is 31.7 Å². The van der Waals surface area contributed by atoms with E-state index in [9.17, 15) is 13.2 Å². The SMILES string of the molecule is COc1nc(N[C@H]2CCN(C3CC3)C=C2F)nn2ccc(-c3ccc4c(c3)CC(NCC(F)F)C(C)=N4)c12. The summed E-state index contributed by atoms with van der Waals surface area (Å²) in [5.41, 5.74) is 5.06. The molecule has 0 radical (unpaired) electrons. The van der Waals surface area contributed by atoms with Crippen LogP contribution in [0.15, 0.2) is 47.5 Å². The van der Waals surface area contributed by atoms with Gasteiger partial charge < -0.3 is 20.3 Å². The molecular weight excluding hydrogens is 495 g/mol. The van der Waals surface area contributed by atoms with Gasteiger partial charge >= 0.3 is 0 Å². The van der Waals surface area contributed by atoms with Crippen LogP contribution in [0.3, 0.4) is 0 Å². The molecule has 0 amide bonds. The Morgan fingerprint density at radius 3 is 2.74 bits per heavy atom. The molecule has 0 saturated heterocycles. The maximum absolute atomic E-state index is 14.8. The summed E-state index contributed by atoms with van der Waals surface area (Å²) >= 11 is 0. The molecule has 2 atom stereocenters. The Hall–Kier alpha value is -3.60. The maximum atomic E-state index is 14.8. The lowest BCUT2D eigenvalue weighted by atomic mass is 9.94. The molecule has 6 rings (SSSR count). The molecule has 11 heteroatoms. The number of aliphatic imine (C=N–C) groups is 1. The van der Waals surface area contributed by atoms with Crippen molar-refractivity contribution in [1.29, 1.82) is 0 Å². The second-order valence-corrected chi connectivity index (χ2v) is 10.1. The molecule has 2 N–H and O–H groups in total. The molecule has 38 heavy (non-hydrogen) atoms. The first-order chi connectivity index (χ1) is 18.4. The number of nitrogens with one attached hydrogen (secondary N) is 2. The largest absolute Gasteiger partial charge is 0.479 e. The molecule has 1 unspecified atom stereocenters. The van der Waals surface area contributed by atoms with E-state index in [4.69, 9.17) is 4.74 Å². The van der Waals surface area contributed by atoms with Gasteiger partial charge in [-0.1, -0.05) is 6.07 Å². The third kappa shape index (κ3) is 4.82. The number of fused-ring (bicyclic) bond motifs is 2. The summed E-state index contributed by atoms with van der Waals surface area (Å²) in [6.07, 6.45) is 4.46. The van der Waals surface area contributed by atoms with Gasteiger partial charge in [0.05, 0.1) is 25.4 Å². The molecule has 1 aliphatic carbocycles. The molecule has 3 aliphatic rings. The van der Waals surface area contributed by atoms with Gasteiger partial charge in [-0.25, -0.2) is 17.7 Å². The fourth-order valence-corrected chi connectivity index (χ4v) is 5.26. The number of anilines is 1. The highest BCUT2D eigenvalue weighted by molar-refractivity contribution is 5.93. The van der Waals surface area contributed by atoms with Crippen molar-refractivity contribution in [3.63, 3.8) is 0 Å². The predicted octanol–water partition coefficient (Wildman–Crippen LogP) is 4.74. The standard InChI is InChI=1S/C27H30F3N7O/c1-15-23(31-13-24(29)30)12-17-11-16(3-6-21(17)32-15)19-7-10-37-25(19)26(38-2)34-27(35-37)33-22-8-9-36(14-20(22)28)18-4-5-18/h3,6-7,10-11,14,18,22-24,31H,4-5,8-9,12-13H2,1-2H3,(H,33,35)/t22-,23?/m0/s1. The normalized spacial score (nSPS) is 21.4. The number of alkyl halides is 2. The van der Waals surface area contributed by atoms with Crippen LogP contribution in [-0.2, 0) is 6.42 Å². The van der Waals surface area contributed by atoms with Crippen molar-refractivity contribution in [2.45, 2.75) is 57.2 Å². The van der Waals surface area contributed by atoms with Gasteiger partial charge in [-0.3, -0.25) is 4.99 Å². The molecule has 0 bridgehead atoms. The Morgan fingerprint density at radius 2 is 2.00 bits per heavy atom. The summed E-state index contributed by atoms with van der Waals surface area (Å²) < 4.78 is 47.6. The average molecular weight is 526 g/mol. The summed E-state index contributed by atoms with van der Waals surface area (Å²) in [6, 6.07) is 7.61. The van der Waals surface area contributed by atoms with Crippen LogP contribution in [0.2, 0.25) is 0 Å². The number of rotatable bonds is 8. The van der Waals surface area contributed by atoms with Gasteiger partial charge in [0.25, 0.3) is 6.43 Å². The summed E-state index contributed by atoms with van der Waals surface area (Å²) in [5, 5.41) is 10.6. The van der Waals surface area contributed by atoms with Gasteiger partial charge in [0, 0.05) is 42.3 Å². The highest BCUT2D eigenvalue weighted by Gasteiger charge is 2.32. The van der Waals surface area contributed by atoms with E-state index in [0.717, 1.165) is 47.5 Å².